The van der Waals surface area contributed by atoms with Gasteiger partial charge in [0.05, 0.1) is 44.7 Å². The quantitative estimate of drug-likeness (QED) is 0.647. The Hall–Kier alpha value is -3.12. The number of likely N-dealkylation sites (tertiary alicyclic amines) is 1. The van der Waals surface area contributed by atoms with Crippen LogP contribution in [-0.2, 0) is 0 Å². The fourth-order valence-corrected chi connectivity index (χ4v) is 3.78. The first-order valence-electron chi connectivity index (χ1n) is 10.2. The van der Waals surface area contributed by atoms with Gasteiger partial charge >= 0.3 is 0 Å². The van der Waals surface area contributed by atoms with Gasteiger partial charge in [0.2, 0.25) is 0 Å². The summed E-state index contributed by atoms with van der Waals surface area (Å²) in [5, 5.41) is 7.80. The van der Waals surface area contributed by atoms with Gasteiger partial charge in [0.1, 0.15) is 11.4 Å². The molecule has 0 radical (unpaired) electrons. The zero-order valence-corrected chi connectivity index (χ0v) is 16.7. The van der Waals surface area contributed by atoms with Gasteiger partial charge in [-0.25, -0.2) is 4.68 Å². The fourth-order valence-electron chi connectivity index (χ4n) is 3.78. The fraction of sp³-hybridized carbons (Fsp3) is 0.304. The molecule has 150 valence electrons. The van der Waals surface area contributed by atoms with Gasteiger partial charge in [0.15, 0.2) is 0 Å². The van der Waals surface area contributed by atoms with E-state index < -0.39 is 0 Å². The standard InChI is InChI=1S/C23H26N4O2/c1-29-20-11-9-19(10-12-20)27-22(17-21(25-27)18-7-3-2-4-8-18)23(28)24-13-16-26-14-5-6-15-26/h2-4,7-12,17H,5-6,13-16H2,1H3,(H,24,28)/p+1. The molecule has 0 atom stereocenters. The van der Waals surface area contributed by atoms with Crippen LogP contribution in [0.15, 0.2) is 60.7 Å². The molecule has 0 unspecified atom stereocenters. The molecule has 6 heteroatoms. The maximum absolute atomic E-state index is 13.0. The lowest BCUT2D eigenvalue weighted by molar-refractivity contribution is -0.886. The van der Waals surface area contributed by atoms with E-state index in [1.807, 2.05) is 60.7 Å². The first-order valence-corrected chi connectivity index (χ1v) is 10.2. The predicted molar refractivity (Wildman–Crippen MR) is 113 cm³/mol. The predicted octanol–water partition coefficient (Wildman–Crippen LogP) is 1.96. The highest BCUT2D eigenvalue weighted by Crippen LogP contribution is 2.23. The van der Waals surface area contributed by atoms with Crippen molar-refractivity contribution in [2.45, 2.75) is 12.8 Å². The van der Waals surface area contributed by atoms with Crippen molar-refractivity contribution in [1.29, 1.82) is 0 Å². The van der Waals surface area contributed by atoms with E-state index in [0.29, 0.717) is 12.2 Å². The van der Waals surface area contributed by atoms with Crippen LogP contribution in [0.1, 0.15) is 23.3 Å². The lowest BCUT2D eigenvalue weighted by atomic mass is 10.1. The SMILES string of the molecule is COc1ccc(-n2nc(-c3ccccc3)cc2C(=O)NCC[NH+]2CCCC2)cc1. The number of benzene rings is 2. The van der Waals surface area contributed by atoms with Crippen molar-refractivity contribution in [1.82, 2.24) is 15.1 Å². The molecule has 0 aliphatic carbocycles. The van der Waals surface area contributed by atoms with Crippen LogP contribution in [0.4, 0.5) is 0 Å². The molecule has 1 fully saturated rings. The monoisotopic (exact) mass is 391 g/mol. The zero-order chi connectivity index (χ0) is 20.1. The van der Waals surface area contributed by atoms with Crippen LogP contribution >= 0.6 is 0 Å². The van der Waals surface area contributed by atoms with E-state index in [2.05, 4.69) is 5.32 Å². The van der Waals surface area contributed by atoms with E-state index in [9.17, 15) is 4.79 Å². The van der Waals surface area contributed by atoms with Crippen LogP contribution in [0.3, 0.4) is 0 Å². The lowest BCUT2D eigenvalue weighted by Crippen LogP contribution is -3.10. The molecule has 2 N–H and O–H groups in total. The summed E-state index contributed by atoms with van der Waals surface area (Å²) < 4.78 is 6.96. The van der Waals surface area contributed by atoms with Crippen LogP contribution in [0, 0.1) is 0 Å². The number of nitrogens with one attached hydrogen (secondary N) is 2. The maximum atomic E-state index is 13.0. The summed E-state index contributed by atoms with van der Waals surface area (Å²) in [6, 6.07) is 19.3. The molecule has 4 rings (SSSR count). The van der Waals surface area contributed by atoms with E-state index in [-0.39, 0.29) is 5.91 Å². The number of methoxy groups -OCH3 is 1. The van der Waals surface area contributed by atoms with Crippen LogP contribution in [-0.4, -0.2) is 49.0 Å². The van der Waals surface area contributed by atoms with Crippen molar-refractivity contribution in [2.24, 2.45) is 0 Å². The molecule has 1 saturated heterocycles. The summed E-state index contributed by atoms with van der Waals surface area (Å²) in [5.74, 6) is 0.665. The summed E-state index contributed by atoms with van der Waals surface area (Å²) in [4.78, 5) is 14.5. The highest BCUT2D eigenvalue weighted by atomic mass is 16.5. The second-order valence-electron chi connectivity index (χ2n) is 7.35. The van der Waals surface area contributed by atoms with Crippen molar-refractivity contribution in [3.8, 4) is 22.7 Å². The number of hydrogen-bond acceptors (Lipinski definition) is 3. The topological polar surface area (TPSA) is 60.6 Å². The average molecular weight is 391 g/mol. The minimum atomic E-state index is -0.103. The minimum Gasteiger partial charge on any atom is -0.497 e. The third kappa shape index (κ3) is 4.49. The van der Waals surface area contributed by atoms with E-state index in [1.54, 1.807) is 16.7 Å². The molecule has 0 saturated carbocycles. The van der Waals surface area contributed by atoms with Gasteiger partial charge < -0.3 is 15.0 Å². The minimum absolute atomic E-state index is 0.103. The van der Waals surface area contributed by atoms with Crippen molar-refractivity contribution in [3.05, 3.63) is 66.4 Å². The normalized spacial score (nSPS) is 14.1. The van der Waals surface area contributed by atoms with E-state index in [4.69, 9.17) is 9.84 Å². The van der Waals surface area contributed by atoms with Gasteiger partial charge in [-0.3, -0.25) is 4.79 Å². The van der Waals surface area contributed by atoms with Gasteiger partial charge in [-0.05, 0) is 30.3 Å². The number of carbonyl (C=O) groups excluding carboxylic acids is 1. The second-order valence-corrected chi connectivity index (χ2v) is 7.35. The maximum Gasteiger partial charge on any atom is 0.270 e. The second kappa shape index (κ2) is 8.92. The number of quaternary nitrogens is 1. The number of amides is 1. The number of aromatic nitrogens is 2. The molecule has 2 aromatic carbocycles. The van der Waals surface area contributed by atoms with Gasteiger partial charge in [-0.2, -0.15) is 5.10 Å². The Labute approximate surface area is 171 Å². The van der Waals surface area contributed by atoms with E-state index >= 15 is 0 Å². The average Bonchev–Trinajstić information content (AvgIpc) is 3.45. The Bertz CT molecular complexity index is 945. The lowest BCUT2D eigenvalue weighted by Gasteiger charge is -2.13. The molecule has 2 heterocycles. The van der Waals surface area contributed by atoms with Gasteiger partial charge in [0, 0.05) is 18.4 Å². The molecule has 0 bridgehead atoms. The summed E-state index contributed by atoms with van der Waals surface area (Å²) in [7, 11) is 1.64. The number of rotatable bonds is 7. The number of ether oxygens (including phenoxy) is 1. The van der Waals surface area contributed by atoms with Crippen LogP contribution < -0.4 is 15.0 Å². The molecular weight excluding hydrogens is 364 g/mol. The number of carbonyl (C=O) groups is 1. The number of hydrogen-bond donors (Lipinski definition) is 2. The molecular formula is C23H27N4O2+. The third-order valence-corrected chi connectivity index (χ3v) is 5.40. The molecule has 1 amide bonds. The Morgan fingerprint density at radius 3 is 2.52 bits per heavy atom. The zero-order valence-electron chi connectivity index (χ0n) is 16.7. The Kier molecular flexibility index (Phi) is 5.91. The molecule has 1 aliphatic heterocycles. The van der Waals surface area contributed by atoms with Crippen LogP contribution in [0.25, 0.3) is 16.9 Å². The van der Waals surface area contributed by atoms with Crippen molar-refractivity contribution < 1.29 is 14.4 Å². The molecule has 3 aromatic rings. The highest BCUT2D eigenvalue weighted by Gasteiger charge is 2.19. The summed E-state index contributed by atoms with van der Waals surface area (Å²) in [6.07, 6.45) is 2.57. The van der Waals surface area contributed by atoms with E-state index in [0.717, 1.165) is 29.2 Å². The van der Waals surface area contributed by atoms with Crippen molar-refractivity contribution >= 4 is 5.91 Å². The van der Waals surface area contributed by atoms with Crippen LogP contribution in [0.2, 0.25) is 0 Å². The van der Waals surface area contributed by atoms with Gasteiger partial charge in [0.25, 0.3) is 5.91 Å². The first kappa shape index (κ1) is 19.2. The van der Waals surface area contributed by atoms with Crippen molar-refractivity contribution in [3.63, 3.8) is 0 Å². The van der Waals surface area contributed by atoms with Crippen molar-refractivity contribution in [2.75, 3.05) is 33.3 Å². The Balaban J connectivity index is 1.59. The van der Waals surface area contributed by atoms with Gasteiger partial charge in [-0.1, -0.05) is 30.3 Å². The smallest absolute Gasteiger partial charge is 0.270 e. The van der Waals surface area contributed by atoms with Gasteiger partial charge in [-0.15, -0.1) is 0 Å². The molecule has 1 aromatic heterocycles. The molecule has 1 aliphatic rings. The Morgan fingerprint density at radius 2 is 1.83 bits per heavy atom. The first-order chi connectivity index (χ1) is 14.2. The summed E-state index contributed by atoms with van der Waals surface area (Å²) in [5.41, 5.74) is 3.11. The summed E-state index contributed by atoms with van der Waals surface area (Å²) in [6.45, 7) is 4.05. The highest BCUT2D eigenvalue weighted by molar-refractivity contribution is 5.94. The number of nitrogens with zero attached hydrogens (tertiary/aromatic N) is 2. The molecule has 29 heavy (non-hydrogen) atoms. The molecule has 0 spiro atoms. The Morgan fingerprint density at radius 1 is 1.10 bits per heavy atom. The largest absolute Gasteiger partial charge is 0.497 e. The molecule has 6 nitrogen and oxygen atoms in total. The summed E-state index contributed by atoms with van der Waals surface area (Å²) >= 11 is 0. The third-order valence-electron chi connectivity index (χ3n) is 5.40. The van der Waals surface area contributed by atoms with E-state index in [1.165, 1.54) is 25.9 Å². The van der Waals surface area contributed by atoms with Crippen LogP contribution in [0.5, 0.6) is 5.75 Å².